The van der Waals surface area contributed by atoms with Gasteiger partial charge in [-0.1, -0.05) is 12.1 Å². The number of aromatic nitrogens is 4. The van der Waals surface area contributed by atoms with Crippen LogP contribution in [0.25, 0.3) is 27.8 Å². The van der Waals surface area contributed by atoms with Gasteiger partial charge < -0.3 is 25.6 Å². The summed E-state index contributed by atoms with van der Waals surface area (Å²) in [5.41, 5.74) is 9.66. The van der Waals surface area contributed by atoms with E-state index < -0.39 is 17.3 Å². The third-order valence-corrected chi connectivity index (χ3v) is 8.82. The number of anilines is 3. The number of pyridine rings is 2. The molecule has 0 bridgehead atoms. The molecule has 0 radical (unpaired) electrons. The van der Waals surface area contributed by atoms with E-state index in [1.165, 1.54) is 29.0 Å². The summed E-state index contributed by atoms with van der Waals surface area (Å²) in [7, 11) is 1.86. The second-order valence-electron chi connectivity index (χ2n) is 11.7. The number of nitrogens with one attached hydrogen (secondary N) is 1. The van der Waals surface area contributed by atoms with Crippen molar-refractivity contribution in [1.29, 1.82) is 0 Å². The predicted molar refractivity (Wildman–Crippen MR) is 176 cm³/mol. The molecule has 2 amide bonds. The van der Waals surface area contributed by atoms with Gasteiger partial charge in [-0.25, -0.2) is 9.37 Å². The fourth-order valence-electron chi connectivity index (χ4n) is 6.53. The molecule has 0 spiro atoms. The zero-order chi connectivity index (χ0) is 32.8. The van der Waals surface area contributed by atoms with Gasteiger partial charge in [0, 0.05) is 56.7 Å². The van der Waals surface area contributed by atoms with E-state index in [1.807, 2.05) is 24.1 Å². The normalized spacial score (nSPS) is 16.1. The van der Waals surface area contributed by atoms with E-state index in [-0.39, 0.29) is 35.7 Å². The van der Waals surface area contributed by atoms with Crippen LogP contribution in [0.3, 0.4) is 0 Å². The van der Waals surface area contributed by atoms with Crippen LogP contribution in [0.2, 0.25) is 0 Å². The maximum absolute atomic E-state index is 13.5. The lowest BCUT2D eigenvalue weighted by Crippen LogP contribution is -2.51. The lowest BCUT2D eigenvalue weighted by atomic mass is 9.99. The van der Waals surface area contributed by atoms with Crippen LogP contribution in [0, 0.1) is 5.82 Å². The summed E-state index contributed by atoms with van der Waals surface area (Å²) < 4.78 is 22.0. The molecule has 5 aromatic rings. The fourth-order valence-corrected chi connectivity index (χ4v) is 6.53. The molecular weight excluding hydrogens is 603 g/mol. The van der Waals surface area contributed by atoms with Gasteiger partial charge in [-0.2, -0.15) is 5.10 Å². The quantitative estimate of drug-likeness (QED) is 0.274. The number of nitrogens with zero attached hydrogens (tertiary/aromatic N) is 6. The Labute approximate surface area is 269 Å². The Morgan fingerprint density at radius 3 is 2.66 bits per heavy atom. The molecule has 5 heterocycles. The molecule has 0 saturated carbocycles. The number of hydrogen-bond acceptors (Lipinski definition) is 8. The van der Waals surface area contributed by atoms with Gasteiger partial charge in [0.2, 0.25) is 5.91 Å². The van der Waals surface area contributed by atoms with Gasteiger partial charge in [-0.3, -0.25) is 23.6 Å². The van der Waals surface area contributed by atoms with Gasteiger partial charge in [0.05, 0.1) is 23.7 Å². The van der Waals surface area contributed by atoms with E-state index in [9.17, 15) is 18.8 Å². The maximum Gasteiger partial charge on any atom is 0.272 e. The predicted octanol–water partition coefficient (Wildman–Crippen LogP) is 3.97. The van der Waals surface area contributed by atoms with Crippen LogP contribution in [0.5, 0.6) is 5.75 Å². The number of carbonyl (C=O) groups is 2. The van der Waals surface area contributed by atoms with Crippen molar-refractivity contribution in [3.8, 4) is 22.7 Å². The van der Waals surface area contributed by atoms with Crippen LogP contribution >= 0.6 is 0 Å². The SMILES string of the molecule is CCOc1ccn(-c2ccc(F)cn2)c(=O)c1C(=O)Nc1ccc(-c2cc(N3CCN4C(=O)CC[C@@H]4C3)cc3c2c(N)nn3C)cc1. The van der Waals surface area contributed by atoms with E-state index in [1.54, 1.807) is 23.7 Å². The Bertz CT molecular complexity index is 2070. The molecule has 2 aromatic carbocycles. The van der Waals surface area contributed by atoms with E-state index >= 15 is 0 Å². The number of carbonyl (C=O) groups excluding carboxylic acids is 2. The first-order valence-corrected chi connectivity index (χ1v) is 15.4. The number of rotatable bonds is 7. The molecule has 3 aromatic heterocycles. The van der Waals surface area contributed by atoms with Crippen molar-refractivity contribution in [3.63, 3.8) is 0 Å². The molecule has 240 valence electrons. The number of amides is 2. The first-order valence-electron chi connectivity index (χ1n) is 15.4. The molecule has 2 aliphatic heterocycles. The number of nitrogen functional groups attached to an aromatic ring is 1. The number of benzene rings is 2. The summed E-state index contributed by atoms with van der Waals surface area (Å²) in [4.78, 5) is 47.5. The van der Waals surface area contributed by atoms with Gasteiger partial charge in [0.15, 0.2) is 5.82 Å². The van der Waals surface area contributed by atoms with Gasteiger partial charge in [-0.05, 0) is 66.9 Å². The van der Waals surface area contributed by atoms with Gasteiger partial charge in [0.25, 0.3) is 11.5 Å². The topological polar surface area (TPSA) is 141 Å². The van der Waals surface area contributed by atoms with Gasteiger partial charge in [-0.15, -0.1) is 0 Å². The average molecular weight is 637 g/mol. The minimum atomic E-state index is -0.659. The van der Waals surface area contributed by atoms with E-state index in [0.717, 1.165) is 53.4 Å². The number of nitrogens with two attached hydrogens (primary N) is 1. The minimum absolute atomic E-state index is 0.124. The first kappa shape index (κ1) is 30.0. The Balaban J connectivity index is 1.19. The second-order valence-corrected chi connectivity index (χ2v) is 11.7. The molecular formula is C34H33FN8O4. The van der Waals surface area contributed by atoms with E-state index in [4.69, 9.17) is 10.5 Å². The highest BCUT2D eigenvalue weighted by Crippen LogP contribution is 2.38. The molecule has 13 heteroatoms. The summed E-state index contributed by atoms with van der Waals surface area (Å²) in [6.45, 7) is 4.18. The van der Waals surface area contributed by atoms with Crippen LogP contribution in [-0.2, 0) is 11.8 Å². The van der Waals surface area contributed by atoms with Crippen molar-refractivity contribution in [3.05, 3.63) is 88.7 Å². The van der Waals surface area contributed by atoms with E-state index in [0.29, 0.717) is 24.5 Å². The van der Waals surface area contributed by atoms with Gasteiger partial charge in [0.1, 0.15) is 22.9 Å². The highest BCUT2D eigenvalue weighted by atomic mass is 19.1. The standard InChI is InChI=1S/C34H33FN8O4/c1-3-47-27-12-13-43(28-10-6-21(35)18-37-28)34(46)31(27)33(45)38-22-7-4-20(5-8-22)25-16-24(17-26-30(25)32(36)39-40(26)2)41-14-15-42-23(19-41)9-11-29(42)44/h4-8,10,12-13,16-18,23H,3,9,11,14-15,19H2,1-2H3,(H2,36,39)(H,38,45)/t23-/m1/s1. The number of hydrogen-bond donors (Lipinski definition) is 2. The van der Waals surface area contributed by atoms with Crippen LogP contribution in [0.15, 0.2) is 71.8 Å². The van der Waals surface area contributed by atoms with Crippen LogP contribution in [0.4, 0.5) is 21.6 Å². The van der Waals surface area contributed by atoms with Crippen LogP contribution in [0.1, 0.15) is 30.1 Å². The highest BCUT2D eigenvalue weighted by Gasteiger charge is 2.36. The molecule has 12 nitrogen and oxygen atoms in total. The summed E-state index contributed by atoms with van der Waals surface area (Å²) >= 11 is 0. The van der Waals surface area contributed by atoms with Crippen molar-refractivity contribution in [2.24, 2.45) is 7.05 Å². The Morgan fingerprint density at radius 1 is 1.11 bits per heavy atom. The summed E-state index contributed by atoms with van der Waals surface area (Å²) in [5, 5.41) is 8.11. The van der Waals surface area contributed by atoms with Crippen molar-refractivity contribution in [1.82, 2.24) is 24.2 Å². The molecule has 2 aliphatic rings. The Hall–Kier alpha value is -5.72. The number of halogens is 1. The monoisotopic (exact) mass is 636 g/mol. The molecule has 1 atom stereocenters. The van der Waals surface area contributed by atoms with Crippen molar-refractivity contribution >= 4 is 39.9 Å². The largest absolute Gasteiger partial charge is 0.493 e. The molecule has 3 N–H and O–H groups in total. The number of ether oxygens (including phenoxy) is 1. The fraction of sp³-hybridized carbons (Fsp3) is 0.265. The Kier molecular flexibility index (Phi) is 7.58. The summed E-state index contributed by atoms with van der Waals surface area (Å²) in [6, 6.07) is 15.7. The zero-order valence-corrected chi connectivity index (χ0v) is 25.9. The molecule has 0 aliphatic carbocycles. The first-order chi connectivity index (χ1) is 22.7. The highest BCUT2D eigenvalue weighted by molar-refractivity contribution is 6.07. The maximum atomic E-state index is 13.5. The summed E-state index contributed by atoms with van der Waals surface area (Å²) in [6.07, 6.45) is 3.90. The van der Waals surface area contributed by atoms with Crippen molar-refractivity contribution in [2.75, 3.05) is 42.2 Å². The number of fused-ring (bicyclic) bond motifs is 2. The molecule has 2 saturated heterocycles. The van der Waals surface area contributed by atoms with Gasteiger partial charge >= 0.3 is 0 Å². The molecule has 2 fully saturated rings. The molecule has 47 heavy (non-hydrogen) atoms. The average Bonchev–Trinajstić information content (AvgIpc) is 3.59. The van der Waals surface area contributed by atoms with Crippen molar-refractivity contribution < 1.29 is 18.7 Å². The third-order valence-electron chi connectivity index (χ3n) is 8.82. The minimum Gasteiger partial charge on any atom is -0.493 e. The Morgan fingerprint density at radius 2 is 1.91 bits per heavy atom. The zero-order valence-electron chi connectivity index (χ0n) is 25.9. The lowest BCUT2D eigenvalue weighted by Gasteiger charge is -2.39. The van der Waals surface area contributed by atoms with Crippen molar-refractivity contribution in [2.45, 2.75) is 25.8 Å². The molecule has 7 rings (SSSR count). The number of piperazine rings is 1. The van der Waals surface area contributed by atoms with E-state index in [2.05, 4.69) is 32.4 Å². The lowest BCUT2D eigenvalue weighted by molar-refractivity contribution is -0.129. The number of aryl methyl sites for hydroxylation is 1. The van der Waals surface area contributed by atoms with Crippen LogP contribution < -0.4 is 26.2 Å². The third kappa shape index (κ3) is 5.43. The summed E-state index contributed by atoms with van der Waals surface area (Å²) in [5.74, 6) is -0.273. The molecule has 0 unspecified atom stereocenters. The van der Waals surface area contributed by atoms with Crippen LogP contribution in [-0.4, -0.2) is 68.3 Å². The second kappa shape index (κ2) is 11.9. The smallest absolute Gasteiger partial charge is 0.272 e.